The molecule has 2 aromatic carbocycles. The predicted octanol–water partition coefficient (Wildman–Crippen LogP) is 3.35. The van der Waals surface area contributed by atoms with Crippen LogP contribution in [0.25, 0.3) is 16.5 Å². The maximum absolute atomic E-state index is 8.81. The zero-order valence-corrected chi connectivity index (χ0v) is 19.4. The number of nitrogen functional groups attached to an aromatic ring is 1. The van der Waals surface area contributed by atoms with Crippen LogP contribution in [0.3, 0.4) is 0 Å². The predicted molar refractivity (Wildman–Crippen MR) is 139 cm³/mol. The average Bonchev–Trinajstić information content (AvgIpc) is 3.26. The highest BCUT2D eigenvalue weighted by Gasteiger charge is 2.16. The number of hydrogen-bond acceptors (Lipinski definition) is 6. The molecule has 7 heteroatoms. The molecule has 172 valence electrons. The molecule has 0 radical (unpaired) electrons. The normalized spacial score (nSPS) is 16.1. The van der Waals surface area contributed by atoms with E-state index in [4.69, 9.17) is 16.9 Å². The molecule has 0 amide bonds. The summed E-state index contributed by atoms with van der Waals surface area (Å²) in [7, 11) is 3.88. The molecule has 1 aliphatic rings. The van der Waals surface area contributed by atoms with Crippen molar-refractivity contribution in [3.05, 3.63) is 71.0 Å². The Labute approximate surface area is 195 Å². The number of aliphatic imine (C=N–C) groups is 1. The smallest absolute Gasteiger partial charge is 0.0868 e. The molecule has 1 aromatic heterocycles. The lowest BCUT2D eigenvalue weighted by Gasteiger charge is -2.29. The minimum absolute atomic E-state index is 0.348. The largest absolute Gasteiger partial charge is 0.404 e. The van der Waals surface area contributed by atoms with Crippen LogP contribution in [0.2, 0.25) is 0 Å². The summed E-state index contributed by atoms with van der Waals surface area (Å²) in [5, 5.41) is 13.6. The molecule has 7 nitrogen and oxygen atoms in total. The SMILES string of the molecule is CN=CC(=CN)c1ccc(N)c(C(=N)c2cc3cc(CNC4CCN(C)CC4)ccc3[nH]2)c1. The zero-order valence-electron chi connectivity index (χ0n) is 19.4. The molecular formula is C26H33N7. The van der Waals surface area contributed by atoms with Gasteiger partial charge < -0.3 is 26.7 Å². The van der Waals surface area contributed by atoms with Crippen molar-refractivity contribution in [3.63, 3.8) is 0 Å². The summed E-state index contributed by atoms with van der Waals surface area (Å²) in [5.41, 5.74) is 18.2. The van der Waals surface area contributed by atoms with Crippen LogP contribution in [0.1, 0.15) is 35.2 Å². The van der Waals surface area contributed by atoms with E-state index in [-0.39, 0.29) is 0 Å². The van der Waals surface area contributed by atoms with Crippen molar-refractivity contribution >= 4 is 34.1 Å². The van der Waals surface area contributed by atoms with Gasteiger partial charge in [-0.3, -0.25) is 10.4 Å². The number of hydrogen-bond donors (Lipinski definition) is 5. The first kappa shape index (κ1) is 22.8. The number of aromatic nitrogens is 1. The Balaban J connectivity index is 1.53. The first-order valence-electron chi connectivity index (χ1n) is 11.4. The summed E-state index contributed by atoms with van der Waals surface area (Å²) in [6, 6.07) is 14.6. The molecule has 1 aliphatic heterocycles. The van der Waals surface area contributed by atoms with Gasteiger partial charge in [0.15, 0.2) is 0 Å². The molecule has 4 rings (SSSR count). The van der Waals surface area contributed by atoms with E-state index >= 15 is 0 Å². The summed E-state index contributed by atoms with van der Waals surface area (Å²) in [4.78, 5) is 9.81. The van der Waals surface area contributed by atoms with E-state index < -0.39 is 0 Å². The number of rotatable bonds is 7. The van der Waals surface area contributed by atoms with Crippen molar-refractivity contribution in [2.75, 3.05) is 32.9 Å². The molecule has 1 fully saturated rings. The van der Waals surface area contributed by atoms with Crippen molar-refractivity contribution in [2.24, 2.45) is 10.7 Å². The lowest BCUT2D eigenvalue weighted by atomic mass is 9.99. The van der Waals surface area contributed by atoms with Gasteiger partial charge in [-0.05, 0) is 74.4 Å². The first-order chi connectivity index (χ1) is 16.0. The quantitative estimate of drug-likeness (QED) is 0.284. The number of allylic oxidation sites excluding steroid dienone is 1. The Morgan fingerprint density at radius 3 is 2.73 bits per heavy atom. The van der Waals surface area contributed by atoms with Crippen LogP contribution in [0.4, 0.5) is 5.69 Å². The fourth-order valence-electron chi connectivity index (χ4n) is 4.35. The maximum atomic E-state index is 8.81. The number of fused-ring (bicyclic) bond motifs is 1. The second kappa shape index (κ2) is 10.0. The van der Waals surface area contributed by atoms with E-state index in [0.717, 1.165) is 47.4 Å². The lowest BCUT2D eigenvalue weighted by molar-refractivity contribution is 0.234. The van der Waals surface area contributed by atoms with E-state index in [1.54, 1.807) is 13.3 Å². The molecule has 0 spiro atoms. The van der Waals surface area contributed by atoms with Crippen LogP contribution < -0.4 is 16.8 Å². The van der Waals surface area contributed by atoms with Gasteiger partial charge in [0, 0.05) is 59.8 Å². The number of aromatic amines is 1. The minimum Gasteiger partial charge on any atom is -0.404 e. The Hall–Kier alpha value is -3.42. The Kier molecular flexibility index (Phi) is 6.91. The van der Waals surface area contributed by atoms with E-state index in [1.807, 2.05) is 24.3 Å². The third-order valence-corrected chi connectivity index (χ3v) is 6.37. The number of nitrogens with two attached hydrogens (primary N) is 2. The number of piperidine rings is 1. The molecule has 7 N–H and O–H groups in total. The number of nitrogens with zero attached hydrogens (tertiary/aromatic N) is 2. The summed E-state index contributed by atoms with van der Waals surface area (Å²) >= 11 is 0. The summed E-state index contributed by atoms with van der Waals surface area (Å²) in [6.07, 6.45) is 5.59. The van der Waals surface area contributed by atoms with Gasteiger partial charge in [-0.15, -0.1) is 0 Å². The minimum atomic E-state index is 0.348. The molecule has 0 bridgehead atoms. The molecule has 0 unspecified atom stereocenters. The number of likely N-dealkylation sites (tertiary alicyclic amines) is 1. The highest BCUT2D eigenvalue weighted by atomic mass is 15.1. The van der Waals surface area contributed by atoms with Crippen LogP contribution in [0.15, 0.2) is 53.7 Å². The number of nitrogens with one attached hydrogen (secondary N) is 3. The topological polar surface area (TPSA) is 119 Å². The number of benzene rings is 2. The van der Waals surface area contributed by atoms with Crippen molar-refractivity contribution < 1.29 is 0 Å². The van der Waals surface area contributed by atoms with Gasteiger partial charge in [-0.2, -0.15) is 0 Å². The van der Waals surface area contributed by atoms with E-state index in [0.29, 0.717) is 23.0 Å². The second-order valence-electron chi connectivity index (χ2n) is 8.75. The molecule has 0 aliphatic carbocycles. The number of anilines is 1. The van der Waals surface area contributed by atoms with Gasteiger partial charge in [0.25, 0.3) is 0 Å². The Morgan fingerprint density at radius 1 is 1.21 bits per heavy atom. The fraction of sp³-hybridized carbons (Fsp3) is 0.308. The van der Waals surface area contributed by atoms with Crippen LogP contribution in [0, 0.1) is 5.41 Å². The van der Waals surface area contributed by atoms with Gasteiger partial charge >= 0.3 is 0 Å². The zero-order chi connectivity index (χ0) is 23.4. The standard InChI is InChI=1S/C26H33N7/c1-30-16-20(14-27)18-4-5-23(28)22(12-18)26(29)25-13-19-11-17(3-6-24(19)32-25)15-31-21-7-9-33(2)10-8-21/h3-6,11-14,16,21,29,31-32H,7-10,15,27-28H2,1-2H3. The Morgan fingerprint density at radius 2 is 2.00 bits per heavy atom. The fourth-order valence-corrected chi connectivity index (χ4v) is 4.35. The summed E-state index contributed by atoms with van der Waals surface area (Å²) < 4.78 is 0. The third kappa shape index (κ3) is 5.16. The third-order valence-electron chi connectivity index (χ3n) is 6.37. The maximum Gasteiger partial charge on any atom is 0.0868 e. The highest BCUT2D eigenvalue weighted by Crippen LogP contribution is 2.24. The van der Waals surface area contributed by atoms with Gasteiger partial charge in [0.05, 0.1) is 11.4 Å². The lowest BCUT2D eigenvalue weighted by Crippen LogP contribution is -2.40. The molecule has 33 heavy (non-hydrogen) atoms. The molecule has 0 atom stereocenters. The van der Waals surface area contributed by atoms with Crippen LogP contribution in [-0.4, -0.2) is 55.0 Å². The molecule has 1 saturated heterocycles. The molecular weight excluding hydrogens is 410 g/mol. The van der Waals surface area contributed by atoms with E-state index in [9.17, 15) is 0 Å². The van der Waals surface area contributed by atoms with Crippen molar-refractivity contribution in [1.29, 1.82) is 5.41 Å². The monoisotopic (exact) mass is 443 g/mol. The van der Waals surface area contributed by atoms with Crippen LogP contribution in [-0.2, 0) is 6.54 Å². The molecule has 3 aromatic rings. The molecule has 0 saturated carbocycles. The van der Waals surface area contributed by atoms with Gasteiger partial charge in [0.2, 0.25) is 0 Å². The Bertz CT molecular complexity index is 1200. The number of H-pyrrole nitrogens is 1. The van der Waals surface area contributed by atoms with Gasteiger partial charge in [-0.1, -0.05) is 12.1 Å². The first-order valence-corrected chi connectivity index (χ1v) is 11.4. The van der Waals surface area contributed by atoms with Crippen LogP contribution in [0.5, 0.6) is 0 Å². The van der Waals surface area contributed by atoms with Crippen LogP contribution >= 0.6 is 0 Å². The molecule has 2 heterocycles. The summed E-state index contributed by atoms with van der Waals surface area (Å²) in [6.45, 7) is 3.15. The van der Waals surface area contributed by atoms with Crippen molar-refractivity contribution in [1.82, 2.24) is 15.2 Å². The van der Waals surface area contributed by atoms with Crippen molar-refractivity contribution in [2.45, 2.75) is 25.4 Å². The van der Waals surface area contributed by atoms with E-state index in [1.165, 1.54) is 24.6 Å². The second-order valence-corrected chi connectivity index (χ2v) is 8.75. The highest BCUT2D eigenvalue weighted by molar-refractivity contribution is 6.16. The summed E-state index contributed by atoms with van der Waals surface area (Å²) in [5.74, 6) is 0. The van der Waals surface area contributed by atoms with Gasteiger partial charge in [0.1, 0.15) is 0 Å². The average molecular weight is 444 g/mol. The van der Waals surface area contributed by atoms with Gasteiger partial charge in [-0.25, -0.2) is 0 Å². The van der Waals surface area contributed by atoms with E-state index in [2.05, 4.69) is 45.4 Å². The van der Waals surface area contributed by atoms with Crippen molar-refractivity contribution in [3.8, 4) is 0 Å².